The van der Waals surface area contributed by atoms with Crippen LogP contribution in [0.3, 0.4) is 0 Å². The molecule has 3 rings (SSSR count). The van der Waals surface area contributed by atoms with Crippen molar-refractivity contribution in [2.24, 2.45) is 5.92 Å². The van der Waals surface area contributed by atoms with Crippen LogP contribution in [0.5, 0.6) is 5.75 Å². The normalized spacial score (nSPS) is 20.1. The quantitative estimate of drug-likeness (QED) is 0.614. The van der Waals surface area contributed by atoms with E-state index in [0.29, 0.717) is 24.4 Å². The second-order valence-electron chi connectivity index (χ2n) is 9.03. The average Bonchev–Trinajstić information content (AvgIpc) is 2.81. The summed E-state index contributed by atoms with van der Waals surface area (Å²) >= 11 is 0. The number of likely N-dealkylation sites (N-methyl/N-ethyl adjacent to an activating group) is 1. The summed E-state index contributed by atoms with van der Waals surface area (Å²) in [5.41, 5.74) is 0.801. The zero-order chi connectivity index (χ0) is 25.0. The van der Waals surface area contributed by atoms with Gasteiger partial charge in [-0.3, -0.25) is 9.52 Å². The van der Waals surface area contributed by atoms with Crippen LogP contribution >= 0.6 is 0 Å². The molecule has 0 saturated heterocycles. The number of carbonyl (C=O) groups is 1. The molecule has 34 heavy (non-hydrogen) atoms. The summed E-state index contributed by atoms with van der Waals surface area (Å²) in [5.74, 6) is -0.213. The highest BCUT2D eigenvalue weighted by Crippen LogP contribution is 2.30. The second-order valence-corrected chi connectivity index (χ2v) is 10.7. The van der Waals surface area contributed by atoms with Crippen LogP contribution in [0.2, 0.25) is 0 Å². The molecular weight excluding hydrogens is 461 g/mol. The Labute approximate surface area is 200 Å². The van der Waals surface area contributed by atoms with E-state index in [0.717, 1.165) is 12.1 Å². The van der Waals surface area contributed by atoms with Crippen LogP contribution in [0, 0.1) is 11.7 Å². The fraction of sp³-hybridized carbons (Fsp3) is 0.458. The lowest BCUT2D eigenvalue weighted by atomic mass is 10.0. The number of sulfonamides is 1. The Bertz CT molecular complexity index is 1110. The number of fused-ring (bicyclic) bond motifs is 1. The standard InChI is InChI=1S/C24H32FN3O5S/c1-16-13-28(17(2)15-29)24(30)12-18-11-20(7-10-22(18)33-23(16)14-27(3)4)26-34(31,32)21-8-5-19(25)6-9-21/h5-11,16-17,23,26,29H,12-15H2,1-4H3/t16-,17-,23+/m1/s1. The molecule has 0 saturated carbocycles. The predicted molar refractivity (Wildman–Crippen MR) is 128 cm³/mol. The molecule has 1 heterocycles. The van der Waals surface area contributed by atoms with Gasteiger partial charge in [0.25, 0.3) is 10.0 Å². The fourth-order valence-corrected chi connectivity index (χ4v) is 4.95. The number of nitrogens with zero attached hydrogens (tertiary/aromatic N) is 2. The van der Waals surface area contributed by atoms with E-state index in [2.05, 4.69) is 4.72 Å². The topological polar surface area (TPSA) is 99.2 Å². The van der Waals surface area contributed by atoms with Crippen LogP contribution < -0.4 is 9.46 Å². The number of aliphatic hydroxyl groups is 1. The molecule has 1 aliphatic rings. The molecule has 2 aromatic rings. The first-order valence-electron chi connectivity index (χ1n) is 11.1. The second kappa shape index (κ2) is 10.7. The summed E-state index contributed by atoms with van der Waals surface area (Å²) in [4.78, 5) is 16.8. The van der Waals surface area contributed by atoms with Crippen molar-refractivity contribution in [3.8, 4) is 5.75 Å². The van der Waals surface area contributed by atoms with Gasteiger partial charge in [-0.05, 0) is 63.5 Å². The molecule has 186 valence electrons. The van der Waals surface area contributed by atoms with Gasteiger partial charge >= 0.3 is 0 Å². The van der Waals surface area contributed by atoms with Gasteiger partial charge in [-0.25, -0.2) is 12.8 Å². The molecule has 0 fully saturated rings. The summed E-state index contributed by atoms with van der Waals surface area (Å²) in [6, 6.07) is 8.98. The number of nitrogens with one attached hydrogen (secondary N) is 1. The number of amides is 1. The zero-order valence-corrected chi connectivity index (χ0v) is 20.7. The first kappa shape index (κ1) is 25.9. The number of anilines is 1. The zero-order valence-electron chi connectivity index (χ0n) is 19.9. The summed E-state index contributed by atoms with van der Waals surface area (Å²) < 4.78 is 47.5. The lowest BCUT2D eigenvalue weighted by Gasteiger charge is -2.33. The van der Waals surface area contributed by atoms with Crippen LogP contribution in [0.25, 0.3) is 0 Å². The van der Waals surface area contributed by atoms with E-state index < -0.39 is 15.8 Å². The van der Waals surface area contributed by atoms with Crippen molar-refractivity contribution in [3.05, 3.63) is 53.8 Å². The first-order chi connectivity index (χ1) is 16.0. The Hall–Kier alpha value is -2.69. The largest absolute Gasteiger partial charge is 0.488 e. The predicted octanol–water partition coefficient (Wildman–Crippen LogP) is 2.34. The maximum atomic E-state index is 13.2. The molecular formula is C24H32FN3O5S. The minimum atomic E-state index is -3.95. The Morgan fingerprint density at radius 2 is 1.91 bits per heavy atom. The Kier molecular flexibility index (Phi) is 8.17. The van der Waals surface area contributed by atoms with Gasteiger partial charge in [0.1, 0.15) is 17.7 Å². The Morgan fingerprint density at radius 1 is 1.24 bits per heavy atom. The van der Waals surface area contributed by atoms with Crippen molar-refractivity contribution < 1.29 is 27.4 Å². The summed E-state index contributed by atoms with van der Waals surface area (Å²) in [6.07, 6.45) is -0.234. The van der Waals surface area contributed by atoms with Crippen LogP contribution in [-0.2, 0) is 21.2 Å². The smallest absolute Gasteiger partial charge is 0.261 e. The molecule has 8 nitrogen and oxygen atoms in total. The summed E-state index contributed by atoms with van der Waals surface area (Å²) in [7, 11) is -0.0684. The van der Waals surface area contributed by atoms with E-state index in [-0.39, 0.29) is 47.6 Å². The van der Waals surface area contributed by atoms with Crippen LogP contribution in [-0.4, -0.2) is 75.2 Å². The summed E-state index contributed by atoms with van der Waals surface area (Å²) in [5, 5.41) is 9.69. The lowest BCUT2D eigenvalue weighted by Crippen LogP contribution is -2.47. The van der Waals surface area contributed by atoms with E-state index in [1.54, 1.807) is 30.0 Å². The van der Waals surface area contributed by atoms with Gasteiger partial charge in [-0.15, -0.1) is 0 Å². The molecule has 2 N–H and O–H groups in total. The van der Waals surface area contributed by atoms with Crippen LogP contribution in [0.4, 0.5) is 10.1 Å². The minimum absolute atomic E-state index is 0.00675. The van der Waals surface area contributed by atoms with E-state index in [4.69, 9.17) is 4.74 Å². The van der Waals surface area contributed by atoms with Gasteiger partial charge in [0.15, 0.2) is 0 Å². The van der Waals surface area contributed by atoms with Gasteiger partial charge in [0, 0.05) is 30.3 Å². The third kappa shape index (κ3) is 6.25. The minimum Gasteiger partial charge on any atom is -0.488 e. The van der Waals surface area contributed by atoms with Gasteiger partial charge in [0.2, 0.25) is 5.91 Å². The number of aliphatic hydroxyl groups excluding tert-OH is 1. The third-order valence-corrected chi connectivity index (χ3v) is 7.23. The first-order valence-corrected chi connectivity index (χ1v) is 12.6. The molecule has 0 unspecified atom stereocenters. The number of carbonyl (C=O) groups excluding carboxylic acids is 1. The van der Waals surface area contributed by atoms with E-state index >= 15 is 0 Å². The number of hydrogen-bond donors (Lipinski definition) is 2. The van der Waals surface area contributed by atoms with Gasteiger partial charge in [-0.2, -0.15) is 0 Å². The van der Waals surface area contributed by atoms with Crippen LogP contribution in [0.15, 0.2) is 47.4 Å². The third-order valence-electron chi connectivity index (χ3n) is 5.84. The van der Waals surface area contributed by atoms with Gasteiger partial charge < -0.3 is 19.6 Å². The maximum Gasteiger partial charge on any atom is 0.261 e. The van der Waals surface area contributed by atoms with Gasteiger partial charge in [0.05, 0.1) is 24.0 Å². The highest BCUT2D eigenvalue weighted by molar-refractivity contribution is 7.92. The molecule has 0 spiro atoms. The summed E-state index contributed by atoms with van der Waals surface area (Å²) in [6.45, 7) is 4.68. The molecule has 0 aliphatic carbocycles. The Morgan fingerprint density at radius 3 is 2.53 bits per heavy atom. The molecule has 0 radical (unpaired) electrons. The van der Waals surface area contributed by atoms with Crippen molar-refractivity contribution in [1.29, 1.82) is 0 Å². The fourth-order valence-electron chi connectivity index (χ4n) is 3.90. The lowest BCUT2D eigenvalue weighted by molar-refractivity contribution is -0.134. The van der Waals surface area contributed by atoms with Crippen molar-refractivity contribution >= 4 is 21.6 Å². The van der Waals surface area contributed by atoms with Crippen molar-refractivity contribution in [3.63, 3.8) is 0 Å². The molecule has 1 amide bonds. The molecule has 0 aromatic heterocycles. The van der Waals surface area contributed by atoms with Crippen LogP contribution in [0.1, 0.15) is 19.4 Å². The molecule has 0 bridgehead atoms. The molecule has 1 aliphatic heterocycles. The maximum absolute atomic E-state index is 13.2. The highest BCUT2D eigenvalue weighted by Gasteiger charge is 2.31. The Balaban J connectivity index is 1.97. The molecule has 10 heteroatoms. The van der Waals surface area contributed by atoms with Gasteiger partial charge in [-0.1, -0.05) is 6.92 Å². The van der Waals surface area contributed by atoms with Crippen molar-refractivity contribution in [1.82, 2.24) is 9.80 Å². The highest BCUT2D eigenvalue weighted by atomic mass is 32.2. The number of rotatable bonds is 7. The number of hydrogen-bond acceptors (Lipinski definition) is 6. The van der Waals surface area contributed by atoms with E-state index in [1.165, 1.54) is 12.1 Å². The monoisotopic (exact) mass is 493 g/mol. The van der Waals surface area contributed by atoms with Crippen molar-refractivity contribution in [2.45, 2.75) is 37.3 Å². The number of ether oxygens (including phenoxy) is 1. The molecule has 2 aromatic carbocycles. The SMILES string of the molecule is C[C@@H]1CN([C@H](C)CO)C(=O)Cc2cc(NS(=O)(=O)c3ccc(F)cc3)ccc2O[C@H]1CN(C)C. The van der Waals surface area contributed by atoms with E-state index in [1.807, 2.05) is 25.9 Å². The van der Waals surface area contributed by atoms with Crippen molar-refractivity contribution in [2.75, 3.05) is 38.5 Å². The molecule has 3 atom stereocenters. The average molecular weight is 494 g/mol. The number of benzene rings is 2. The van der Waals surface area contributed by atoms with E-state index in [9.17, 15) is 22.7 Å². The number of halogens is 1.